The number of nitrogens with zero attached hydrogens (tertiary/aromatic N) is 3. The van der Waals surface area contributed by atoms with Crippen molar-refractivity contribution in [3.05, 3.63) is 74.4 Å². The van der Waals surface area contributed by atoms with Crippen molar-refractivity contribution in [3.8, 4) is 0 Å². The Labute approximate surface area is 243 Å². The van der Waals surface area contributed by atoms with Gasteiger partial charge in [0.1, 0.15) is 0 Å². The van der Waals surface area contributed by atoms with Crippen LogP contribution in [0.2, 0.25) is 15.1 Å². The summed E-state index contributed by atoms with van der Waals surface area (Å²) < 4.78 is 33.1. The highest BCUT2D eigenvalue weighted by Gasteiger charge is 2.39. The first kappa shape index (κ1) is 29.6. The van der Waals surface area contributed by atoms with Gasteiger partial charge in [0.2, 0.25) is 10.0 Å². The van der Waals surface area contributed by atoms with Gasteiger partial charge in [-0.3, -0.25) is 9.80 Å². The minimum atomic E-state index is -3.68. The van der Waals surface area contributed by atoms with E-state index >= 15 is 0 Å². The smallest absolute Gasteiger partial charge is 0.338 e. The molecule has 0 aliphatic carbocycles. The Morgan fingerprint density at radius 3 is 2.26 bits per heavy atom. The molecule has 9 nitrogen and oxygen atoms in total. The number of sulfonamides is 1. The normalized spacial score (nSPS) is 19.3. The van der Waals surface area contributed by atoms with Gasteiger partial charge in [0, 0.05) is 50.0 Å². The monoisotopic (exact) mass is 614 g/mol. The van der Waals surface area contributed by atoms with Crippen molar-refractivity contribution in [2.75, 3.05) is 45.9 Å². The molecule has 13 heteroatoms. The number of benzene rings is 2. The maximum absolute atomic E-state index is 13.3. The third-order valence-electron chi connectivity index (χ3n) is 6.68. The fourth-order valence-corrected chi connectivity index (χ4v) is 6.55. The molecule has 2 heterocycles. The Morgan fingerprint density at radius 2 is 1.67 bits per heavy atom. The van der Waals surface area contributed by atoms with E-state index in [1.165, 1.54) is 21.3 Å². The summed E-state index contributed by atoms with van der Waals surface area (Å²) in [6.07, 6.45) is 0. The SMILES string of the molecule is CCOC(=O)C1=C(CN2CCN(S(=O)(=O)c3ccc(Cl)cc3)CC2)N(CC)C(=O)NC1c1ccc(Cl)c(Cl)c1. The van der Waals surface area contributed by atoms with Crippen molar-refractivity contribution in [1.29, 1.82) is 0 Å². The highest BCUT2D eigenvalue weighted by Crippen LogP contribution is 2.35. The summed E-state index contributed by atoms with van der Waals surface area (Å²) in [5, 5.41) is 4.00. The summed E-state index contributed by atoms with van der Waals surface area (Å²) in [6.45, 7) is 5.58. The number of carbonyl (C=O) groups is 2. The molecule has 0 saturated carbocycles. The fourth-order valence-electron chi connectivity index (χ4n) is 4.70. The van der Waals surface area contributed by atoms with Crippen molar-refractivity contribution < 1.29 is 22.7 Å². The average molecular weight is 616 g/mol. The first-order valence-electron chi connectivity index (χ1n) is 12.5. The van der Waals surface area contributed by atoms with Crippen LogP contribution in [0.5, 0.6) is 0 Å². The van der Waals surface area contributed by atoms with Gasteiger partial charge in [-0.25, -0.2) is 18.0 Å². The van der Waals surface area contributed by atoms with E-state index in [1.807, 2.05) is 11.8 Å². The molecule has 0 bridgehead atoms. The van der Waals surface area contributed by atoms with Gasteiger partial charge in [-0.1, -0.05) is 40.9 Å². The number of esters is 1. The van der Waals surface area contributed by atoms with Crippen LogP contribution < -0.4 is 5.32 Å². The zero-order valence-electron chi connectivity index (χ0n) is 21.5. The summed E-state index contributed by atoms with van der Waals surface area (Å²) in [5.74, 6) is -0.550. The van der Waals surface area contributed by atoms with E-state index in [0.717, 1.165) is 0 Å². The van der Waals surface area contributed by atoms with E-state index in [4.69, 9.17) is 39.5 Å². The van der Waals surface area contributed by atoms with Gasteiger partial charge in [0.25, 0.3) is 0 Å². The molecule has 2 aromatic rings. The summed E-state index contributed by atoms with van der Waals surface area (Å²) in [7, 11) is -3.68. The molecule has 1 saturated heterocycles. The van der Waals surface area contributed by atoms with Crippen LogP contribution in [0.1, 0.15) is 25.5 Å². The molecule has 1 fully saturated rings. The maximum Gasteiger partial charge on any atom is 0.338 e. The molecular weight excluding hydrogens is 587 g/mol. The fraction of sp³-hybridized carbons (Fsp3) is 0.385. The molecule has 1 N–H and O–H groups in total. The van der Waals surface area contributed by atoms with E-state index in [2.05, 4.69) is 5.32 Å². The summed E-state index contributed by atoms with van der Waals surface area (Å²) in [4.78, 5) is 30.2. The number of halogens is 3. The molecule has 2 aromatic carbocycles. The Hall–Kier alpha value is -2.34. The van der Waals surface area contributed by atoms with E-state index in [0.29, 0.717) is 51.5 Å². The lowest BCUT2D eigenvalue weighted by atomic mass is 9.94. The predicted molar refractivity (Wildman–Crippen MR) is 150 cm³/mol. The topological polar surface area (TPSA) is 99.3 Å². The number of urea groups is 1. The van der Waals surface area contributed by atoms with Crippen molar-refractivity contribution in [2.24, 2.45) is 0 Å². The zero-order chi connectivity index (χ0) is 28.3. The Kier molecular flexibility index (Phi) is 9.46. The number of amides is 2. The molecule has 4 rings (SSSR count). The number of rotatable bonds is 8. The lowest BCUT2D eigenvalue weighted by molar-refractivity contribution is -0.139. The van der Waals surface area contributed by atoms with Gasteiger partial charge in [0.05, 0.1) is 33.2 Å². The van der Waals surface area contributed by atoms with Crippen molar-refractivity contribution >= 4 is 56.8 Å². The molecule has 0 aromatic heterocycles. The lowest BCUT2D eigenvalue weighted by Gasteiger charge is -2.40. The highest BCUT2D eigenvalue weighted by atomic mass is 35.5. The van der Waals surface area contributed by atoms with Crippen molar-refractivity contribution in [3.63, 3.8) is 0 Å². The average Bonchev–Trinajstić information content (AvgIpc) is 2.91. The van der Waals surface area contributed by atoms with Crippen LogP contribution in [0.3, 0.4) is 0 Å². The van der Waals surface area contributed by atoms with Crippen molar-refractivity contribution in [2.45, 2.75) is 24.8 Å². The van der Waals surface area contributed by atoms with Crippen LogP contribution in [0.15, 0.2) is 58.6 Å². The van der Waals surface area contributed by atoms with E-state index in [-0.39, 0.29) is 37.2 Å². The van der Waals surface area contributed by atoms with E-state index in [9.17, 15) is 18.0 Å². The second kappa shape index (κ2) is 12.4. The number of hydrogen-bond acceptors (Lipinski definition) is 6. The van der Waals surface area contributed by atoms with Crippen LogP contribution in [-0.4, -0.2) is 80.4 Å². The Balaban J connectivity index is 1.63. The zero-order valence-corrected chi connectivity index (χ0v) is 24.6. The number of piperazine rings is 1. The predicted octanol–water partition coefficient (Wildman–Crippen LogP) is 4.56. The number of ether oxygens (including phenoxy) is 1. The van der Waals surface area contributed by atoms with Crippen molar-refractivity contribution in [1.82, 2.24) is 19.4 Å². The molecule has 2 aliphatic heterocycles. The molecular formula is C26H29Cl3N4O5S. The molecule has 2 aliphatic rings. The first-order valence-corrected chi connectivity index (χ1v) is 15.0. The Bertz CT molecular complexity index is 1380. The van der Waals surface area contributed by atoms with Gasteiger partial charge < -0.3 is 10.1 Å². The molecule has 0 radical (unpaired) electrons. The molecule has 210 valence electrons. The standard InChI is InChI=1S/C26H29Cl3N4O5S/c1-3-33-22(16-31-11-13-32(14-12-31)39(36,37)19-8-6-18(27)7-9-19)23(25(34)38-4-2)24(30-26(33)35)17-5-10-20(28)21(29)15-17/h5-10,15,24H,3-4,11-14,16H2,1-2H3,(H,30,35). The Morgan fingerprint density at radius 1 is 1.00 bits per heavy atom. The molecule has 39 heavy (non-hydrogen) atoms. The van der Waals surface area contributed by atoms with Gasteiger partial charge in [-0.15, -0.1) is 0 Å². The van der Waals surface area contributed by atoms with Crippen LogP contribution in [0, 0.1) is 0 Å². The van der Waals surface area contributed by atoms with Crippen LogP contribution in [0.25, 0.3) is 0 Å². The first-order chi connectivity index (χ1) is 18.6. The third-order valence-corrected chi connectivity index (χ3v) is 9.59. The number of nitrogens with one attached hydrogen (secondary N) is 1. The number of carbonyl (C=O) groups excluding carboxylic acids is 2. The summed E-state index contributed by atoms with van der Waals surface area (Å²) >= 11 is 18.3. The molecule has 0 spiro atoms. The van der Waals surface area contributed by atoms with Crippen LogP contribution >= 0.6 is 34.8 Å². The second-order valence-electron chi connectivity index (χ2n) is 9.02. The van der Waals surface area contributed by atoms with Gasteiger partial charge >= 0.3 is 12.0 Å². The van der Waals surface area contributed by atoms with E-state index in [1.54, 1.807) is 37.3 Å². The number of hydrogen-bond donors (Lipinski definition) is 1. The minimum absolute atomic E-state index is 0.158. The quantitative estimate of drug-likeness (QED) is 0.438. The lowest BCUT2D eigenvalue weighted by Crippen LogP contribution is -2.53. The summed E-state index contributed by atoms with van der Waals surface area (Å²) in [5.41, 5.74) is 1.39. The third kappa shape index (κ3) is 6.37. The van der Waals surface area contributed by atoms with Crippen LogP contribution in [0.4, 0.5) is 4.79 Å². The maximum atomic E-state index is 13.3. The molecule has 1 unspecified atom stereocenters. The van der Waals surface area contributed by atoms with E-state index < -0.39 is 22.0 Å². The largest absolute Gasteiger partial charge is 0.463 e. The van der Waals surface area contributed by atoms with Gasteiger partial charge in [0.15, 0.2) is 0 Å². The van der Waals surface area contributed by atoms with Gasteiger partial charge in [-0.2, -0.15) is 4.31 Å². The number of likely N-dealkylation sites (N-methyl/N-ethyl adjacent to an activating group) is 1. The summed E-state index contributed by atoms with van der Waals surface area (Å²) in [6, 6.07) is 9.85. The van der Waals surface area contributed by atoms with Crippen LogP contribution in [-0.2, 0) is 19.6 Å². The highest BCUT2D eigenvalue weighted by molar-refractivity contribution is 7.89. The van der Waals surface area contributed by atoms with Gasteiger partial charge in [-0.05, 0) is 55.8 Å². The molecule has 2 amide bonds. The molecule has 1 atom stereocenters. The second-order valence-corrected chi connectivity index (χ2v) is 12.2. The minimum Gasteiger partial charge on any atom is -0.463 e.